The molecule has 3 heterocycles. The van der Waals surface area contributed by atoms with Gasteiger partial charge in [0.1, 0.15) is 0 Å². The van der Waals surface area contributed by atoms with Crippen molar-refractivity contribution in [1.82, 2.24) is 24.7 Å². The number of nitrogen functional groups attached to an aromatic ring is 1. The lowest BCUT2D eigenvalue weighted by Crippen LogP contribution is -2.25. The molecular formula is C11H16N8O. The van der Waals surface area contributed by atoms with Crippen LogP contribution >= 0.6 is 0 Å². The first-order valence-electron chi connectivity index (χ1n) is 6.38. The van der Waals surface area contributed by atoms with E-state index in [0.29, 0.717) is 11.9 Å². The van der Waals surface area contributed by atoms with Crippen molar-refractivity contribution in [3.63, 3.8) is 0 Å². The minimum absolute atomic E-state index is 0.176. The first-order chi connectivity index (χ1) is 9.80. The predicted octanol–water partition coefficient (Wildman–Crippen LogP) is -0.838. The van der Waals surface area contributed by atoms with Crippen molar-refractivity contribution in [2.24, 2.45) is 11.8 Å². The zero-order valence-electron chi connectivity index (χ0n) is 10.8. The molecule has 1 atom stereocenters. The first kappa shape index (κ1) is 12.8. The molecule has 0 bridgehead atoms. The third-order valence-corrected chi connectivity index (χ3v) is 3.28. The molecule has 9 nitrogen and oxygen atoms in total. The van der Waals surface area contributed by atoms with E-state index >= 15 is 0 Å². The molecule has 2 aromatic rings. The Morgan fingerprint density at radius 2 is 2.20 bits per heavy atom. The van der Waals surface area contributed by atoms with Crippen molar-refractivity contribution >= 4 is 11.9 Å². The van der Waals surface area contributed by atoms with Crippen LogP contribution in [0, 0.1) is 5.92 Å². The summed E-state index contributed by atoms with van der Waals surface area (Å²) < 4.78 is 1.55. The summed E-state index contributed by atoms with van der Waals surface area (Å²) in [5.74, 6) is 6.89. The molecule has 9 heteroatoms. The van der Waals surface area contributed by atoms with E-state index < -0.39 is 0 Å². The molecule has 3 rings (SSSR count). The summed E-state index contributed by atoms with van der Waals surface area (Å²) in [5.41, 5.74) is 2.44. The minimum Gasteiger partial charge on any atom is -0.396 e. The first-order valence-corrected chi connectivity index (χ1v) is 6.38. The Bertz CT molecular complexity index is 572. The third kappa shape index (κ3) is 2.40. The van der Waals surface area contributed by atoms with Gasteiger partial charge in [-0.1, -0.05) is 0 Å². The summed E-state index contributed by atoms with van der Waals surface area (Å²) in [7, 11) is 0. The standard InChI is InChI=1S/C11H16N8O/c12-17-9-14-10(18-5-2-8(6-18)7-20)16-11(15-9)19-4-1-3-13-19/h1,3-4,8,20H,2,5-7,12H2,(H,14,15,16,17). The van der Waals surface area contributed by atoms with Gasteiger partial charge in [-0.05, 0) is 12.5 Å². The van der Waals surface area contributed by atoms with Crippen LogP contribution in [0.25, 0.3) is 5.95 Å². The summed E-state index contributed by atoms with van der Waals surface area (Å²) >= 11 is 0. The number of nitrogens with one attached hydrogen (secondary N) is 1. The average molecular weight is 276 g/mol. The molecule has 0 amide bonds. The van der Waals surface area contributed by atoms with Crippen LogP contribution in [-0.2, 0) is 0 Å². The molecule has 0 spiro atoms. The topological polar surface area (TPSA) is 118 Å². The molecular weight excluding hydrogens is 260 g/mol. The van der Waals surface area contributed by atoms with Crippen LogP contribution in [-0.4, -0.2) is 49.5 Å². The Balaban J connectivity index is 1.93. The Labute approximate surface area is 115 Å². The van der Waals surface area contributed by atoms with E-state index in [4.69, 9.17) is 5.84 Å². The average Bonchev–Trinajstić information content (AvgIpc) is 3.17. The molecule has 0 radical (unpaired) electrons. The van der Waals surface area contributed by atoms with Crippen LogP contribution in [0.3, 0.4) is 0 Å². The molecule has 4 N–H and O–H groups in total. The highest BCUT2D eigenvalue weighted by atomic mass is 16.3. The van der Waals surface area contributed by atoms with Crippen molar-refractivity contribution in [2.75, 3.05) is 30.0 Å². The SMILES string of the molecule is NNc1nc(N2CCC(CO)C2)nc(-n2cccn2)n1. The van der Waals surface area contributed by atoms with E-state index in [0.717, 1.165) is 19.5 Å². The van der Waals surface area contributed by atoms with E-state index in [-0.39, 0.29) is 18.5 Å². The van der Waals surface area contributed by atoms with Gasteiger partial charge in [0.2, 0.25) is 11.9 Å². The number of rotatable bonds is 4. The Hall–Kier alpha value is -2.26. The third-order valence-electron chi connectivity index (χ3n) is 3.28. The van der Waals surface area contributed by atoms with Gasteiger partial charge in [-0.25, -0.2) is 10.5 Å². The predicted molar refractivity (Wildman–Crippen MR) is 72.2 cm³/mol. The van der Waals surface area contributed by atoms with Gasteiger partial charge >= 0.3 is 0 Å². The quantitative estimate of drug-likeness (QED) is 0.489. The van der Waals surface area contributed by atoms with Gasteiger partial charge in [0, 0.05) is 38.0 Å². The van der Waals surface area contributed by atoms with Gasteiger partial charge in [-0.15, -0.1) is 0 Å². The van der Waals surface area contributed by atoms with Gasteiger partial charge in [0.05, 0.1) is 0 Å². The number of aromatic nitrogens is 5. The summed E-state index contributed by atoms with van der Waals surface area (Å²) in [6, 6.07) is 1.79. The van der Waals surface area contributed by atoms with Crippen molar-refractivity contribution in [2.45, 2.75) is 6.42 Å². The largest absolute Gasteiger partial charge is 0.396 e. The lowest BCUT2D eigenvalue weighted by atomic mass is 10.1. The Kier molecular flexibility index (Phi) is 3.44. The van der Waals surface area contributed by atoms with E-state index in [2.05, 4.69) is 25.5 Å². The second-order valence-corrected chi connectivity index (χ2v) is 4.64. The number of hydrazine groups is 1. The fourth-order valence-corrected chi connectivity index (χ4v) is 2.21. The number of hydrogen-bond acceptors (Lipinski definition) is 8. The van der Waals surface area contributed by atoms with E-state index in [1.54, 1.807) is 23.1 Å². The molecule has 0 saturated carbocycles. The number of nitrogens with two attached hydrogens (primary N) is 1. The zero-order valence-corrected chi connectivity index (χ0v) is 10.8. The Morgan fingerprint density at radius 1 is 1.35 bits per heavy atom. The summed E-state index contributed by atoms with van der Waals surface area (Å²) in [4.78, 5) is 14.8. The lowest BCUT2D eigenvalue weighted by Gasteiger charge is -2.17. The lowest BCUT2D eigenvalue weighted by molar-refractivity contribution is 0.238. The van der Waals surface area contributed by atoms with Crippen LogP contribution in [0.5, 0.6) is 0 Å². The Morgan fingerprint density at radius 3 is 2.85 bits per heavy atom. The fraction of sp³-hybridized carbons (Fsp3) is 0.455. The molecule has 1 aliphatic heterocycles. The van der Waals surface area contributed by atoms with Crippen molar-refractivity contribution in [3.8, 4) is 5.95 Å². The highest BCUT2D eigenvalue weighted by Gasteiger charge is 2.24. The molecule has 2 aromatic heterocycles. The van der Waals surface area contributed by atoms with Crippen LogP contribution in [0.15, 0.2) is 18.5 Å². The van der Waals surface area contributed by atoms with Gasteiger partial charge < -0.3 is 10.0 Å². The molecule has 1 unspecified atom stereocenters. The normalized spacial score (nSPS) is 18.5. The summed E-state index contributed by atoms with van der Waals surface area (Å²) in [6.07, 6.45) is 4.32. The highest BCUT2D eigenvalue weighted by molar-refractivity contribution is 5.40. The smallest absolute Gasteiger partial charge is 0.257 e. The minimum atomic E-state index is 0.176. The molecule has 0 aliphatic carbocycles. The number of aliphatic hydroxyl groups is 1. The van der Waals surface area contributed by atoms with Crippen LogP contribution in [0.1, 0.15) is 6.42 Å². The second-order valence-electron chi connectivity index (χ2n) is 4.64. The van der Waals surface area contributed by atoms with Gasteiger partial charge in [-0.2, -0.15) is 20.1 Å². The number of nitrogens with zero attached hydrogens (tertiary/aromatic N) is 6. The van der Waals surface area contributed by atoms with Crippen LogP contribution in [0.4, 0.5) is 11.9 Å². The number of aliphatic hydroxyl groups excluding tert-OH is 1. The number of anilines is 2. The molecule has 0 aromatic carbocycles. The maximum absolute atomic E-state index is 9.21. The fourth-order valence-electron chi connectivity index (χ4n) is 2.21. The zero-order chi connectivity index (χ0) is 13.9. The highest BCUT2D eigenvalue weighted by Crippen LogP contribution is 2.21. The van der Waals surface area contributed by atoms with E-state index in [1.807, 2.05) is 4.90 Å². The molecule has 1 aliphatic rings. The molecule has 20 heavy (non-hydrogen) atoms. The maximum atomic E-state index is 9.21. The monoisotopic (exact) mass is 276 g/mol. The molecule has 1 fully saturated rings. The summed E-state index contributed by atoms with van der Waals surface area (Å²) in [5, 5.41) is 13.3. The maximum Gasteiger partial charge on any atom is 0.257 e. The van der Waals surface area contributed by atoms with Crippen LogP contribution < -0.4 is 16.2 Å². The van der Waals surface area contributed by atoms with Gasteiger partial charge in [-0.3, -0.25) is 5.43 Å². The van der Waals surface area contributed by atoms with Crippen molar-refractivity contribution < 1.29 is 5.11 Å². The van der Waals surface area contributed by atoms with E-state index in [9.17, 15) is 5.11 Å². The second kappa shape index (κ2) is 5.39. The van der Waals surface area contributed by atoms with Crippen molar-refractivity contribution in [3.05, 3.63) is 18.5 Å². The molecule has 1 saturated heterocycles. The number of hydrogen-bond donors (Lipinski definition) is 3. The van der Waals surface area contributed by atoms with Crippen molar-refractivity contribution in [1.29, 1.82) is 0 Å². The summed E-state index contributed by atoms with van der Waals surface area (Å²) in [6.45, 7) is 1.70. The van der Waals surface area contributed by atoms with Gasteiger partial charge in [0.15, 0.2) is 0 Å². The molecule has 106 valence electrons. The van der Waals surface area contributed by atoms with E-state index in [1.165, 1.54) is 0 Å². The van der Waals surface area contributed by atoms with Crippen LogP contribution in [0.2, 0.25) is 0 Å². The van der Waals surface area contributed by atoms with Gasteiger partial charge in [0.25, 0.3) is 5.95 Å².